The van der Waals surface area contributed by atoms with Crippen LogP contribution in [0.15, 0.2) is 63.6 Å². The summed E-state index contributed by atoms with van der Waals surface area (Å²) in [5, 5.41) is 11.8. The van der Waals surface area contributed by atoms with Crippen LogP contribution in [0.4, 0.5) is 5.82 Å². The fraction of sp³-hybridized carbons (Fsp3) is 0.174. The Morgan fingerprint density at radius 1 is 1.19 bits per heavy atom. The third-order valence-electron chi connectivity index (χ3n) is 4.85. The summed E-state index contributed by atoms with van der Waals surface area (Å²) < 4.78 is 13.8. The van der Waals surface area contributed by atoms with Crippen molar-refractivity contribution in [3.8, 4) is 5.75 Å². The van der Waals surface area contributed by atoms with Crippen LogP contribution in [0.1, 0.15) is 33.1 Å². The maximum Gasteiger partial charge on any atom is 0.279 e. The number of carbonyl (C=O) groups is 1. The standard InChI is InChI=1S/C23H20BrClN4O3/c1-14-10-21(27-29(14)12-16-6-8-17(24)9-7-16)26-23(30)22-20(15(2)32-28-22)13-31-19-5-3-4-18(25)11-19/h3-11H,12-13H2,1-2H3,(H,26,27,30). The van der Waals surface area contributed by atoms with Gasteiger partial charge in [-0.2, -0.15) is 5.10 Å². The van der Waals surface area contributed by atoms with Crippen molar-refractivity contribution in [1.82, 2.24) is 14.9 Å². The van der Waals surface area contributed by atoms with Crippen LogP contribution in [0.3, 0.4) is 0 Å². The SMILES string of the molecule is Cc1onc(C(=O)Nc2cc(C)n(Cc3ccc(Br)cc3)n2)c1COc1cccc(Cl)c1. The van der Waals surface area contributed by atoms with Gasteiger partial charge in [0.25, 0.3) is 5.91 Å². The molecule has 1 amide bonds. The summed E-state index contributed by atoms with van der Waals surface area (Å²) in [4.78, 5) is 12.9. The molecule has 9 heteroatoms. The van der Waals surface area contributed by atoms with Crippen molar-refractivity contribution >= 4 is 39.3 Å². The molecule has 32 heavy (non-hydrogen) atoms. The number of rotatable bonds is 7. The Morgan fingerprint density at radius 3 is 2.72 bits per heavy atom. The Balaban J connectivity index is 1.46. The average Bonchev–Trinajstić information content (AvgIpc) is 3.30. The lowest BCUT2D eigenvalue weighted by Crippen LogP contribution is -2.16. The first kappa shape index (κ1) is 22.1. The minimum atomic E-state index is -0.417. The lowest BCUT2D eigenvalue weighted by atomic mass is 10.2. The van der Waals surface area contributed by atoms with E-state index in [1.165, 1.54) is 0 Å². The molecule has 4 aromatic rings. The van der Waals surface area contributed by atoms with Crippen LogP contribution in [0, 0.1) is 13.8 Å². The zero-order chi connectivity index (χ0) is 22.7. The van der Waals surface area contributed by atoms with E-state index in [1.54, 1.807) is 31.2 Å². The monoisotopic (exact) mass is 514 g/mol. The first-order valence-electron chi connectivity index (χ1n) is 9.83. The maximum atomic E-state index is 12.9. The van der Waals surface area contributed by atoms with Crippen molar-refractivity contribution in [2.45, 2.75) is 27.0 Å². The predicted octanol–water partition coefficient (Wildman–Crippen LogP) is 5.78. The number of hydrogen-bond donors (Lipinski definition) is 1. The Bertz CT molecular complexity index is 1250. The number of hydrogen-bond acceptors (Lipinski definition) is 5. The Labute approximate surface area is 198 Å². The smallest absolute Gasteiger partial charge is 0.279 e. The molecule has 0 aliphatic rings. The van der Waals surface area contributed by atoms with Gasteiger partial charge in [-0.15, -0.1) is 0 Å². The number of nitrogens with zero attached hydrogens (tertiary/aromatic N) is 3. The number of anilines is 1. The highest BCUT2D eigenvalue weighted by Gasteiger charge is 2.21. The van der Waals surface area contributed by atoms with Crippen molar-refractivity contribution in [3.05, 3.63) is 92.4 Å². The molecule has 1 N–H and O–H groups in total. The summed E-state index contributed by atoms with van der Waals surface area (Å²) in [5.41, 5.74) is 2.74. The van der Waals surface area contributed by atoms with E-state index in [0.29, 0.717) is 34.5 Å². The molecule has 0 atom stereocenters. The van der Waals surface area contributed by atoms with Gasteiger partial charge in [0, 0.05) is 21.3 Å². The van der Waals surface area contributed by atoms with Gasteiger partial charge in [-0.25, -0.2) is 0 Å². The normalized spacial score (nSPS) is 10.9. The number of carbonyl (C=O) groups excluding carboxylic acids is 1. The molecule has 7 nitrogen and oxygen atoms in total. The van der Waals surface area contributed by atoms with E-state index >= 15 is 0 Å². The number of amides is 1. The van der Waals surface area contributed by atoms with Crippen LogP contribution >= 0.6 is 27.5 Å². The van der Waals surface area contributed by atoms with Crippen molar-refractivity contribution in [2.24, 2.45) is 0 Å². The van der Waals surface area contributed by atoms with Crippen LogP contribution in [0.25, 0.3) is 0 Å². The van der Waals surface area contributed by atoms with E-state index in [9.17, 15) is 4.79 Å². The van der Waals surface area contributed by atoms with E-state index in [1.807, 2.05) is 41.9 Å². The quantitative estimate of drug-likeness (QED) is 0.337. The van der Waals surface area contributed by atoms with E-state index in [-0.39, 0.29) is 12.3 Å². The number of nitrogens with one attached hydrogen (secondary N) is 1. The van der Waals surface area contributed by atoms with Gasteiger partial charge >= 0.3 is 0 Å². The van der Waals surface area contributed by atoms with Crippen molar-refractivity contribution in [3.63, 3.8) is 0 Å². The molecule has 164 valence electrons. The molecule has 0 spiro atoms. The van der Waals surface area contributed by atoms with Crippen LogP contribution in [0.2, 0.25) is 5.02 Å². The van der Waals surface area contributed by atoms with E-state index in [0.717, 1.165) is 15.7 Å². The molecule has 0 aliphatic heterocycles. The fourth-order valence-corrected chi connectivity index (χ4v) is 3.57. The molecular formula is C23H20BrClN4O3. The summed E-state index contributed by atoms with van der Waals surface area (Å²) >= 11 is 9.43. The number of aryl methyl sites for hydroxylation is 2. The Morgan fingerprint density at radius 2 is 1.97 bits per heavy atom. The molecule has 4 rings (SSSR count). The molecule has 0 saturated carbocycles. The molecule has 2 aromatic carbocycles. The van der Waals surface area contributed by atoms with Gasteiger partial charge in [-0.1, -0.05) is 50.9 Å². The van der Waals surface area contributed by atoms with Crippen molar-refractivity contribution < 1.29 is 14.1 Å². The second-order valence-electron chi connectivity index (χ2n) is 7.22. The lowest BCUT2D eigenvalue weighted by Gasteiger charge is -2.07. The van der Waals surface area contributed by atoms with E-state index in [2.05, 4.69) is 31.5 Å². The van der Waals surface area contributed by atoms with Crippen molar-refractivity contribution in [1.29, 1.82) is 0 Å². The molecule has 2 heterocycles. The molecule has 0 bridgehead atoms. The summed E-state index contributed by atoms with van der Waals surface area (Å²) in [5.74, 6) is 1.12. The van der Waals surface area contributed by atoms with Crippen LogP contribution in [0.5, 0.6) is 5.75 Å². The predicted molar refractivity (Wildman–Crippen MR) is 125 cm³/mol. The molecule has 0 aliphatic carbocycles. The highest BCUT2D eigenvalue weighted by atomic mass is 79.9. The molecule has 0 saturated heterocycles. The van der Waals surface area contributed by atoms with Crippen molar-refractivity contribution in [2.75, 3.05) is 5.32 Å². The second kappa shape index (κ2) is 9.58. The molecule has 0 fully saturated rings. The zero-order valence-corrected chi connectivity index (χ0v) is 19.8. The summed E-state index contributed by atoms with van der Waals surface area (Å²) in [6, 6.07) is 16.9. The number of benzene rings is 2. The third-order valence-corrected chi connectivity index (χ3v) is 5.61. The highest BCUT2D eigenvalue weighted by Crippen LogP contribution is 2.22. The largest absolute Gasteiger partial charge is 0.489 e. The van der Waals surface area contributed by atoms with Crippen LogP contribution < -0.4 is 10.1 Å². The summed E-state index contributed by atoms with van der Waals surface area (Å²) in [7, 11) is 0. The summed E-state index contributed by atoms with van der Waals surface area (Å²) in [6.07, 6.45) is 0. The first-order chi connectivity index (χ1) is 15.4. The van der Waals surface area contributed by atoms with E-state index in [4.69, 9.17) is 20.9 Å². The number of ether oxygens (including phenoxy) is 1. The van der Waals surface area contributed by atoms with Gasteiger partial charge in [0.2, 0.25) is 0 Å². The van der Waals surface area contributed by atoms with Gasteiger partial charge in [0.15, 0.2) is 11.5 Å². The topological polar surface area (TPSA) is 82.2 Å². The van der Waals surface area contributed by atoms with Crippen LogP contribution in [-0.4, -0.2) is 20.8 Å². The van der Waals surface area contributed by atoms with Gasteiger partial charge < -0.3 is 14.6 Å². The number of halogens is 2. The minimum Gasteiger partial charge on any atom is -0.489 e. The first-order valence-corrected chi connectivity index (χ1v) is 11.0. The zero-order valence-electron chi connectivity index (χ0n) is 17.4. The maximum absolute atomic E-state index is 12.9. The van der Waals surface area contributed by atoms with Gasteiger partial charge in [0.05, 0.1) is 12.1 Å². The Hall–Kier alpha value is -3.10. The molecule has 2 aromatic heterocycles. The number of aromatic nitrogens is 3. The molecule has 0 unspecified atom stereocenters. The Kier molecular flexibility index (Phi) is 6.62. The minimum absolute atomic E-state index is 0.120. The fourth-order valence-electron chi connectivity index (χ4n) is 3.12. The van der Waals surface area contributed by atoms with Crippen LogP contribution in [-0.2, 0) is 13.2 Å². The van der Waals surface area contributed by atoms with Gasteiger partial charge in [0.1, 0.15) is 18.1 Å². The average molecular weight is 516 g/mol. The molecular weight excluding hydrogens is 496 g/mol. The third kappa shape index (κ3) is 5.20. The van der Waals surface area contributed by atoms with E-state index < -0.39 is 5.91 Å². The lowest BCUT2D eigenvalue weighted by molar-refractivity contribution is 0.101. The van der Waals surface area contributed by atoms with Gasteiger partial charge in [-0.05, 0) is 49.7 Å². The summed E-state index contributed by atoms with van der Waals surface area (Å²) in [6.45, 7) is 4.38. The van der Waals surface area contributed by atoms with Gasteiger partial charge in [-0.3, -0.25) is 9.48 Å². The second-order valence-corrected chi connectivity index (χ2v) is 8.57. The highest BCUT2D eigenvalue weighted by molar-refractivity contribution is 9.10. The molecule has 0 radical (unpaired) electrons.